The monoisotopic (exact) mass is 349 g/mol. The Morgan fingerprint density at radius 3 is 2.68 bits per heavy atom. The third-order valence-corrected chi connectivity index (χ3v) is 4.77. The van der Waals surface area contributed by atoms with Gasteiger partial charge in [-0.2, -0.15) is 16.9 Å². The predicted molar refractivity (Wildman–Crippen MR) is 85.7 cm³/mol. The van der Waals surface area contributed by atoms with Crippen LogP contribution in [0.2, 0.25) is 0 Å². The molecule has 0 aliphatic heterocycles. The molecule has 0 amide bonds. The van der Waals surface area contributed by atoms with E-state index in [0.717, 1.165) is 34.6 Å². The molecule has 0 fully saturated rings. The molecule has 0 aliphatic rings. The van der Waals surface area contributed by atoms with Gasteiger partial charge in [0.25, 0.3) is 0 Å². The summed E-state index contributed by atoms with van der Waals surface area (Å²) in [6.45, 7) is 8.21. The molecule has 0 saturated carbocycles. The lowest BCUT2D eigenvalue weighted by molar-refractivity contribution is 0.0843. The first-order chi connectivity index (χ1) is 8.95. The van der Waals surface area contributed by atoms with Gasteiger partial charge >= 0.3 is 0 Å². The highest BCUT2D eigenvalue weighted by molar-refractivity contribution is 9.10. The first-order valence-electron chi connectivity index (χ1n) is 6.61. The van der Waals surface area contributed by atoms with Crippen molar-refractivity contribution in [1.29, 1.82) is 0 Å². The van der Waals surface area contributed by atoms with Gasteiger partial charge in [-0.25, -0.2) is 0 Å². The van der Waals surface area contributed by atoms with Crippen LogP contribution < -0.4 is 5.32 Å². The van der Waals surface area contributed by atoms with Gasteiger partial charge < -0.3 is 10.4 Å². The summed E-state index contributed by atoms with van der Waals surface area (Å²) in [6.07, 6.45) is 2.93. The van der Waals surface area contributed by atoms with Gasteiger partial charge in [0.15, 0.2) is 0 Å². The Balaban J connectivity index is 2.65. The van der Waals surface area contributed by atoms with Gasteiger partial charge in [-0.3, -0.25) is 4.68 Å². The van der Waals surface area contributed by atoms with Crippen LogP contribution >= 0.6 is 27.7 Å². The fourth-order valence-corrected chi connectivity index (χ4v) is 3.43. The van der Waals surface area contributed by atoms with E-state index in [1.54, 1.807) is 11.8 Å². The minimum absolute atomic E-state index is 0.580. The number of nitrogens with one attached hydrogen (secondary N) is 1. The van der Waals surface area contributed by atoms with E-state index in [9.17, 15) is 5.11 Å². The minimum atomic E-state index is -0.670. The molecule has 1 unspecified atom stereocenters. The number of rotatable bonds is 8. The van der Waals surface area contributed by atoms with Crippen molar-refractivity contribution >= 4 is 27.7 Å². The summed E-state index contributed by atoms with van der Waals surface area (Å²) in [5, 5.41) is 18.0. The zero-order chi connectivity index (χ0) is 14.5. The Labute approximate surface area is 128 Å². The van der Waals surface area contributed by atoms with E-state index in [2.05, 4.69) is 40.2 Å². The molecule has 0 aromatic carbocycles. The molecular weight excluding hydrogens is 326 g/mol. The second kappa shape index (κ2) is 7.67. The SMILES string of the molecule is CCc1nn(CC)c(CNCC(C)(O)CSC)c1Br. The number of aryl methyl sites for hydroxylation is 2. The van der Waals surface area contributed by atoms with Crippen LogP contribution in [0, 0.1) is 0 Å². The zero-order valence-corrected chi connectivity index (χ0v) is 14.6. The van der Waals surface area contributed by atoms with E-state index in [-0.39, 0.29) is 0 Å². The summed E-state index contributed by atoms with van der Waals surface area (Å²) in [7, 11) is 0. The molecule has 6 heteroatoms. The third-order valence-electron chi connectivity index (χ3n) is 2.95. The molecule has 1 rings (SSSR count). The van der Waals surface area contributed by atoms with Crippen LogP contribution in [0.3, 0.4) is 0 Å². The fourth-order valence-electron chi connectivity index (χ4n) is 2.00. The van der Waals surface area contributed by atoms with Crippen molar-refractivity contribution in [2.75, 3.05) is 18.6 Å². The van der Waals surface area contributed by atoms with E-state index in [0.29, 0.717) is 13.1 Å². The normalized spacial score (nSPS) is 14.6. The van der Waals surface area contributed by atoms with E-state index in [1.807, 2.05) is 17.9 Å². The molecule has 1 aromatic heterocycles. The molecular formula is C13H24BrN3OS. The highest BCUT2D eigenvalue weighted by Crippen LogP contribution is 2.22. The zero-order valence-electron chi connectivity index (χ0n) is 12.2. The highest BCUT2D eigenvalue weighted by Gasteiger charge is 2.20. The van der Waals surface area contributed by atoms with Crippen molar-refractivity contribution in [2.24, 2.45) is 0 Å². The maximum Gasteiger partial charge on any atom is 0.0833 e. The van der Waals surface area contributed by atoms with E-state index in [4.69, 9.17) is 0 Å². The number of hydrogen-bond donors (Lipinski definition) is 2. The summed E-state index contributed by atoms with van der Waals surface area (Å²) < 4.78 is 3.10. The van der Waals surface area contributed by atoms with Crippen molar-refractivity contribution in [3.63, 3.8) is 0 Å². The van der Waals surface area contributed by atoms with Crippen LogP contribution in [0.4, 0.5) is 0 Å². The van der Waals surface area contributed by atoms with Gasteiger partial charge in [0.05, 0.1) is 21.5 Å². The van der Waals surface area contributed by atoms with Crippen molar-refractivity contribution in [1.82, 2.24) is 15.1 Å². The van der Waals surface area contributed by atoms with Crippen LogP contribution in [0.5, 0.6) is 0 Å². The number of halogens is 1. The van der Waals surface area contributed by atoms with Crippen molar-refractivity contribution < 1.29 is 5.11 Å². The lowest BCUT2D eigenvalue weighted by Crippen LogP contribution is -2.40. The number of hydrogen-bond acceptors (Lipinski definition) is 4. The second-order valence-electron chi connectivity index (χ2n) is 4.91. The molecule has 2 N–H and O–H groups in total. The molecule has 0 saturated heterocycles. The van der Waals surface area contributed by atoms with Gasteiger partial charge in [0.1, 0.15) is 0 Å². The largest absolute Gasteiger partial charge is 0.388 e. The maximum atomic E-state index is 10.1. The molecule has 4 nitrogen and oxygen atoms in total. The summed E-state index contributed by atoms with van der Waals surface area (Å²) in [5.41, 5.74) is 1.57. The highest BCUT2D eigenvalue weighted by atomic mass is 79.9. The first-order valence-corrected chi connectivity index (χ1v) is 8.80. The summed E-state index contributed by atoms with van der Waals surface area (Å²) in [6, 6.07) is 0. The van der Waals surface area contributed by atoms with Gasteiger partial charge in [-0.05, 0) is 42.5 Å². The Hall–Kier alpha value is -0.0400. The van der Waals surface area contributed by atoms with E-state index < -0.39 is 5.60 Å². The lowest BCUT2D eigenvalue weighted by atomic mass is 10.1. The summed E-state index contributed by atoms with van der Waals surface area (Å²) in [4.78, 5) is 0. The van der Waals surface area contributed by atoms with Gasteiger partial charge in [0, 0.05) is 25.4 Å². The third kappa shape index (κ3) is 4.77. The Bertz CT molecular complexity index is 407. The Kier molecular flexibility index (Phi) is 6.86. The average molecular weight is 350 g/mol. The number of thioether (sulfide) groups is 1. The quantitative estimate of drug-likeness (QED) is 0.756. The summed E-state index contributed by atoms with van der Waals surface area (Å²) >= 11 is 5.28. The minimum Gasteiger partial charge on any atom is -0.388 e. The van der Waals surface area contributed by atoms with Gasteiger partial charge in [-0.15, -0.1) is 0 Å². The van der Waals surface area contributed by atoms with Crippen LogP contribution in [0.15, 0.2) is 4.47 Å². The number of nitrogens with zero attached hydrogens (tertiary/aromatic N) is 2. The molecule has 0 spiro atoms. The van der Waals surface area contributed by atoms with E-state index in [1.165, 1.54) is 0 Å². The van der Waals surface area contributed by atoms with Crippen LogP contribution in [0.25, 0.3) is 0 Å². The van der Waals surface area contributed by atoms with Gasteiger partial charge in [-0.1, -0.05) is 6.92 Å². The molecule has 1 heterocycles. The van der Waals surface area contributed by atoms with Crippen LogP contribution in [-0.4, -0.2) is 39.0 Å². The van der Waals surface area contributed by atoms with Crippen molar-refractivity contribution in [3.8, 4) is 0 Å². The average Bonchev–Trinajstić information content (AvgIpc) is 2.66. The summed E-state index contributed by atoms with van der Waals surface area (Å²) in [5.74, 6) is 0.731. The number of aliphatic hydroxyl groups is 1. The molecule has 1 atom stereocenters. The van der Waals surface area contributed by atoms with Crippen molar-refractivity contribution in [2.45, 2.75) is 45.9 Å². The van der Waals surface area contributed by atoms with Crippen molar-refractivity contribution in [3.05, 3.63) is 15.9 Å². The second-order valence-corrected chi connectivity index (χ2v) is 6.57. The van der Waals surface area contributed by atoms with Gasteiger partial charge in [0.2, 0.25) is 0 Å². The fraction of sp³-hybridized carbons (Fsp3) is 0.769. The maximum absolute atomic E-state index is 10.1. The standard InChI is InChI=1S/C13H24BrN3OS/c1-5-10-12(14)11(17(6-2)16-10)7-15-8-13(3,18)9-19-4/h15,18H,5-9H2,1-4H3. The number of aromatic nitrogens is 2. The molecule has 1 aromatic rings. The molecule has 0 aliphatic carbocycles. The molecule has 0 radical (unpaired) electrons. The lowest BCUT2D eigenvalue weighted by Gasteiger charge is -2.22. The van der Waals surface area contributed by atoms with E-state index >= 15 is 0 Å². The smallest absolute Gasteiger partial charge is 0.0833 e. The predicted octanol–water partition coefficient (Wildman–Crippen LogP) is 2.43. The van der Waals surface area contributed by atoms with Crippen LogP contribution in [0.1, 0.15) is 32.2 Å². The van der Waals surface area contributed by atoms with Crippen LogP contribution in [-0.2, 0) is 19.5 Å². The Morgan fingerprint density at radius 1 is 1.47 bits per heavy atom. The first kappa shape index (κ1) is 17.0. The Morgan fingerprint density at radius 2 is 2.16 bits per heavy atom. The molecule has 0 bridgehead atoms. The molecule has 110 valence electrons. The topological polar surface area (TPSA) is 50.1 Å². The molecule has 19 heavy (non-hydrogen) atoms.